The third-order valence-corrected chi connectivity index (χ3v) is 2.85. The zero-order valence-corrected chi connectivity index (χ0v) is 11.4. The van der Waals surface area contributed by atoms with E-state index in [4.69, 9.17) is 4.74 Å². The van der Waals surface area contributed by atoms with Crippen LogP contribution >= 0.6 is 0 Å². The number of carbonyl (C=O) groups is 1. The Bertz CT molecular complexity index is 399. The van der Waals surface area contributed by atoms with Crippen molar-refractivity contribution < 1.29 is 13.9 Å². The van der Waals surface area contributed by atoms with Gasteiger partial charge in [0.2, 0.25) is 5.91 Å². The Morgan fingerprint density at radius 2 is 2.05 bits per heavy atom. The lowest BCUT2D eigenvalue weighted by Crippen LogP contribution is -2.35. The van der Waals surface area contributed by atoms with E-state index in [2.05, 4.69) is 10.6 Å². The van der Waals surface area contributed by atoms with Gasteiger partial charge in [0.15, 0.2) is 0 Å². The van der Waals surface area contributed by atoms with Crippen molar-refractivity contribution in [2.45, 2.75) is 12.8 Å². The third-order valence-electron chi connectivity index (χ3n) is 2.85. The molecule has 19 heavy (non-hydrogen) atoms. The summed E-state index contributed by atoms with van der Waals surface area (Å²) < 4.78 is 18.4. The van der Waals surface area contributed by atoms with Crippen LogP contribution < -0.4 is 10.6 Å². The van der Waals surface area contributed by atoms with Gasteiger partial charge in [-0.25, -0.2) is 4.39 Å². The van der Waals surface area contributed by atoms with Crippen molar-refractivity contribution in [1.29, 1.82) is 0 Å². The Balaban J connectivity index is 2.31. The van der Waals surface area contributed by atoms with Crippen molar-refractivity contribution in [3.05, 3.63) is 35.6 Å². The Hall–Kier alpha value is -1.46. The Kier molecular flexibility index (Phi) is 7.07. The smallest absolute Gasteiger partial charge is 0.227 e. The maximum atomic E-state index is 13.5. The van der Waals surface area contributed by atoms with Gasteiger partial charge in [0.05, 0.1) is 12.5 Å². The molecular weight excluding hydrogens is 247 g/mol. The van der Waals surface area contributed by atoms with E-state index in [0.29, 0.717) is 25.3 Å². The molecule has 1 amide bonds. The number of nitrogens with one attached hydrogen (secondary N) is 2. The number of amides is 1. The van der Waals surface area contributed by atoms with Crippen LogP contribution in [0.4, 0.5) is 4.39 Å². The zero-order valence-electron chi connectivity index (χ0n) is 11.4. The second-order valence-electron chi connectivity index (χ2n) is 4.28. The maximum Gasteiger partial charge on any atom is 0.227 e. The predicted octanol–water partition coefficient (Wildman–Crippen LogP) is 1.28. The molecule has 2 N–H and O–H groups in total. The first kappa shape index (κ1) is 15.6. The summed E-state index contributed by atoms with van der Waals surface area (Å²) in [5, 5.41) is 5.89. The quantitative estimate of drug-likeness (QED) is 0.698. The molecule has 0 radical (unpaired) electrons. The van der Waals surface area contributed by atoms with E-state index in [1.807, 2.05) is 0 Å². The van der Waals surface area contributed by atoms with E-state index in [-0.39, 0.29) is 11.7 Å². The van der Waals surface area contributed by atoms with Crippen LogP contribution in [0.5, 0.6) is 0 Å². The number of hydrogen-bond acceptors (Lipinski definition) is 3. The van der Waals surface area contributed by atoms with Crippen LogP contribution in [0.3, 0.4) is 0 Å². The van der Waals surface area contributed by atoms with E-state index in [9.17, 15) is 9.18 Å². The lowest BCUT2D eigenvalue weighted by atomic mass is 10.00. The van der Waals surface area contributed by atoms with Gasteiger partial charge in [-0.1, -0.05) is 18.2 Å². The molecule has 1 rings (SSSR count). The molecule has 0 saturated carbocycles. The predicted molar refractivity (Wildman–Crippen MR) is 72.6 cm³/mol. The molecule has 1 atom stereocenters. The van der Waals surface area contributed by atoms with Gasteiger partial charge in [-0.2, -0.15) is 0 Å². The molecular formula is C14H21FN2O2. The second kappa shape index (κ2) is 8.61. The number of halogens is 1. The Morgan fingerprint density at radius 3 is 2.74 bits per heavy atom. The number of benzene rings is 1. The fraction of sp³-hybridized carbons (Fsp3) is 0.500. The summed E-state index contributed by atoms with van der Waals surface area (Å²) in [5.74, 6) is -0.998. The molecule has 0 aliphatic rings. The third kappa shape index (κ3) is 5.36. The van der Waals surface area contributed by atoms with Crippen LogP contribution in [0.15, 0.2) is 24.3 Å². The van der Waals surface area contributed by atoms with Gasteiger partial charge in [-0.3, -0.25) is 4.79 Å². The van der Waals surface area contributed by atoms with Crippen molar-refractivity contribution in [3.63, 3.8) is 0 Å². The average Bonchev–Trinajstić information content (AvgIpc) is 2.42. The normalized spacial score (nSPS) is 12.2. The minimum absolute atomic E-state index is 0.168. The first-order valence-corrected chi connectivity index (χ1v) is 6.38. The minimum atomic E-state index is -0.486. The summed E-state index contributed by atoms with van der Waals surface area (Å²) in [5.41, 5.74) is 0.423. The number of carbonyl (C=O) groups excluding carboxylic acids is 1. The van der Waals surface area contributed by atoms with Crippen molar-refractivity contribution in [3.8, 4) is 0 Å². The molecule has 0 aromatic heterocycles. The average molecular weight is 268 g/mol. The molecule has 0 heterocycles. The monoisotopic (exact) mass is 268 g/mol. The Labute approximate surface area is 113 Å². The summed E-state index contributed by atoms with van der Waals surface area (Å²) in [6.45, 7) is 4.27. The molecule has 1 aromatic rings. The van der Waals surface area contributed by atoms with E-state index >= 15 is 0 Å². The maximum absolute atomic E-state index is 13.5. The molecule has 0 aliphatic heterocycles. The summed E-state index contributed by atoms with van der Waals surface area (Å²) in [6.07, 6.45) is 0. The van der Waals surface area contributed by atoms with Gasteiger partial charge in [0.1, 0.15) is 5.82 Å². The molecule has 0 bridgehead atoms. The molecule has 0 aliphatic carbocycles. The standard InChI is InChI=1S/C14H21FN2O2/c1-11(12-5-3-4-6-13(12)15)14(18)17-8-7-16-9-10-19-2/h3-6,11,16H,7-10H2,1-2H3,(H,17,18). The van der Waals surface area contributed by atoms with Crippen molar-refractivity contribution in [2.75, 3.05) is 33.4 Å². The van der Waals surface area contributed by atoms with Crippen LogP contribution in [0.2, 0.25) is 0 Å². The minimum Gasteiger partial charge on any atom is -0.383 e. The molecule has 0 fully saturated rings. The molecule has 1 aromatic carbocycles. The van der Waals surface area contributed by atoms with E-state index in [1.54, 1.807) is 32.2 Å². The van der Waals surface area contributed by atoms with Gasteiger partial charge < -0.3 is 15.4 Å². The zero-order chi connectivity index (χ0) is 14.1. The lowest BCUT2D eigenvalue weighted by molar-refractivity contribution is -0.122. The van der Waals surface area contributed by atoms with Crippen molar-refractivity contribution >= 4 is 5.91 Å². The van der Waals surface area contributed by atoms with E-state index < -0.39 is 5.92 Å². The Morgan fingerprint density at radius 1 is 1.32 bits per heavy atom. The summed E-state index contributed by atoms with van der Waals surface area (Å²) >= 11 is 0. The van der Waals surface area contributed by atoms with Gasteiger partial charge in [-0.05, 0) is 18.6 Å². The molecule has 0 spiro atoms. The number of rotatable bonds is 8. The molecule has 5 heteroatoms. The van der Waals surface area contributed by atoms with Gasteiger partial charge in [0.25, 0.3) is 0 Å². The molecule has 4 nitrogen and oxygen atoms in total. The first-order chi connectivity index (χ1) is 9.16. The summed E-state index contributed by atoms with van der Waals surface area (Å²) in [4.78, 5) is 11.9. The molecule has 0 saturated heterocycles. The van der Waals surface area contributed by atoms with Crippen LogP contribution in [0, 0.1) is 5.82 Å². The fourth-order valence-corrected chi connectivity index (χ4v) is 1.69. The first-order valence-electron chi connectivity index (χ1n) is 6.38. The SMILES string of the molecule is COCCNCCNC(=O)C(C)c1ccccc1F. The highest BCUT2D eigenvalue weighted by atomic mass is 19.1. The highest BCUT2D eigenvalue weighted by Crippen LogP contribution is 2.18. The van der Waals surface area contributed by atoms with Gasteiger partial charge in [-0.15, -0.1) is 0 Å². The van der Waals surface area contributed by atoms with Crippen LogP contribution in [-0.4, -0.2) is 39.3 Å². The van der Waals surface area contributed by atoms with Crippen LogP contribution in [0.25, 0.3) is 0 Å². The highest BCUT2D eigenvalue weighted by Gasteiger charge is 2.17. The molecule has 106 valence electrons. The number of methoxy groups -OCH3 is 1. The second-order valence-corrected chi connectivity index (χ2v) is 4.28. The van der Waals surface area contributed by atoms with Crippen molar-refractivity contribution in [1.82, 2.24) is 10.6 Å². The van der Waals surface area contributed by atoms with Crippen molar-refractivity contribution in [2.24, 2.45) is 0 Å². The van der Waals surface area contributed by atoms with E-state index in [1.165, 1.54) is 6.07 Å². The highest BCUT2D eigenvalue weighted by molar-refractivity contribution is 5.83. The van der Waals surface area contributed by atoms with Gasteiger partial charge in [0, 0.05) is 26.7 Å². The lowest BCUT2D eigenvalue weighted by Gasteiger charge is -2.13. The molecule has 1 unspecified atom stereocenters. The number of ether oxygens (including phenoxy) is 1. The van der Waals surface area contributed by atoms with Gasteiger partial charge >= 0.3 is 0 Å². The number of hydrogen-bond donors (Lipinski definition) is 2. The summed E-state index contributed by atoms with van der Waals surface area (Å²) in [7, 11) is 1.64. The van der Waals surface area contributed by atoms with Crippen LogP contribution in [0.1, 0.15) is 18.4 Å². The van der Waals surface area contributed by atoms with Crippen LogP contribution in [-0.2, 0) is 9.53 Å². The topological polar surface area (TPSA) is 50.4 Å². The summed E-state index contributed by atoms with van der Waals surface area (Å²) in [6, 6.07) is 6.35. The fourth-order valence-electron chi connectivity index (χ4n) is 1.69. The van der Waals surface area contributed by atoms with E-state index in [0.717, 1.165) is 6.54 Å². The largest absolute Gasteiger partial charge is 0.383 e.